The molecule has 0 saturated carbocycles. The largest absolute Gasteiger partial charge is 0.345 e. The quantitative estimate of drug-likeness (QED) is 0.853. The van der Waals surface area contributed by atoms with Gasteiger partial charge in [-0.2, -0.15) is 5.10 Å². The van der Waals surface area contributed by atoms with Crippen molar-refractivity contribution in [3.63, 3.8) is 0 Å². The summed E-state index contributed by atoms with van der Waals surface area (Å²) < 4.78 is 0. The minimum absolute atomic E-state index is 0.0160. The maximum Gasteiger partial charge on any atom is 0.227 e. The summed E-state index contributed by atoms with van der Waals surface area (Å²) in [7, 11) is 1.79. The van der Waals surface area contributed by atoms with Crippen molar-refractivity contribution in [2.24, 2.45) is 5.92 Å². The molecule has 1 fully saturated rings. The first-order valence-electron chi connectivity index (χ1n) is 8.04. The Labute approximate surface area is 140 Å². The number of nitrogens with one attached hydrogen (secondary N) is 1. The molecule has 2 amide bonds. The Morgan fingerprint density at radius 1 is 1.46 bits per heavy atom. The number of aromatic nitrogens is 3. The van der Waals surface area contributed by atoms with Gasteiger partial charge in [-0.25, -0.2) is 0 Å². The van der Waals surface area contributed by atoms with E-state index in [1.54, 1.807) is 29.2 Å². The van der Waals surface area contributed by atoms with Gasteiger partial charge < -0.3 is 9.80 Å². The molecule has 0 spiro atoms. The number of aromatic amines is 1. The third kappa shape index (κ3) is 3.79. The van der Waals surface area contributed by atoms with Crippen LogP contribution in [0.4, 0.5) is 0 Å². The zero-order valence-corrected chi connectivity index (χ0v) is 13.7. The molecule has 7 heteroatoms. The minimum Gasteiger partial charge on any atom is -0.345 e. The van der Waals surface area contributed by atoms with Gasteiger partial charge in [-0.3, -0.25) is 19.7 Å². The van der Waals surface area contributed by atoms with Crippen molar-refractivity contribution < 1.29 is 9.59 Å². The van der Waals surface area contributed by atoms with E-state index in [4.69, 9.17) is 0 Å². The molecule has 24 heavy (non-hydrogen) atoms. The SMILES string of the molecule is CN(CCc1cn[nH]c1)C(=O)[C@@H]1CC(=O)N(Cc2ccccn2)C1. The first kappa shape index (κ1) is 16.2. The average molecular weight is 327 g/mol. The Morgan fingerprint density at radius 3 is 3.04 bits per heavy atom. The fourth-order valence-corrected chi connectivity index (χ4v) is 2.91. The highest BCUT2D eigenvalue weighted by atomic mass is 16.2. The van der Waals surface area contributed by atoms with Crippen molar-refractivity contribution in [2.45, 2.75) is 19.4 Å². The Morgan fingerprint density at radius 2 is 2.33 bits per heavy atom. The zero-order valence-electron chi connectivity index (χ0n) is 13.7. The first-order chi connectivity index (χ1) is 11.6. The number of pyridine rings is 1. The van der Waals surface area contributed by atoms with Gasteiger partial charge in [-0.15, -0.1) is 0 Å². The number of carbonyl (C=O) groups is 2. The topological polar surface area (TPSA) is 82.2 Å². The molecule has 3 rings (SSSR count). The van der Waals surface area contributed by atoms with E-state index >= 15 is 0 Å². The molecule has 0 unspecified atom stereocenters. The molecular formula is C17H21N5O2. The molecule has 2 aromatic rings. The summed E-state index contributed by atoms with van der Waals surface area (Å²) in [4.78, 5) is 32.4. The Balaban J connectivity index is 1.53. The second kappa shape index (κ2) is 7.25. The Kier molecular flexibility index (Phi) is 4.88. The highest BCUT2D eigenvalue weighted by molar-refractivity contribution is 5.89. The van der Waals surface area contributed by atoms with E-state index in [0.29, 0.717) is 19.6 Å². The predicted molar refractivity (Wildman–Crippen MR) is 87.7 cm³/mol. The van der Waals surface area contributed by atoms with Crippen LogP contribution >= 0.6 is 0 Å². The minimum atomic E-state index is -0.268. The van der Waals surface area contributed by atoms with Gasteiger partial charge in [-0.05, 0) is 24.1 Å². The molecule has 7 nitrogen and oxygen atoms in total. The molecule has 0 aromatic carbocycles. The number of likely N-dealkylation sites (tertiary alicyclic amines) is 1. The average Bonchev–Trinajstić information content (AvgIpc) is 3.23. The van der Waals surface area contributed by atoms with Crippen LogP contribution in [0.25, 0.3) is 0 Å². The van der Waals surface area contributed by atoms with Crippen molar-refractivity contribution in [3.8, 4) is 0 Å². The number of rotatable bonds is 6. The predicted octanol–water partition coefficient (Wildman–Crippen LogP) is 0.854. The molecule has 1 atom stereocenters. The zero-order chi connectivity index (χ0) is 16.9. The highest BCUT2D eigenvalue weighted by Gasteiger charge is 2.35. The van der Waals surface area contributed by atoms with Gasteiger partial charge in [0.1, 0.15) is 0 Å². The molecule has 1 aliphatic heterocycles. The van der Waals surface area contributed by atoms with E-state index in [-0.39, 0.29) is 24.2 Å². The van der Waals surface area contributed by atoms with E-state index < -0.39 is 0 Å². The third-order valence-corrected chi connectivity index (χ3v) is 4.31. The van der Waals surface area contributed by atoms with Crippen LogP contribution in [0.1, 0.15) is 17.7 Å². The van der Waals surface area contributed by atoms with Crippen LogP contribution in [0, 0.1) is 5.92 Å². The summed E-state index contributed by atoms with van der Waals surface area (Å²) in [6.07, 6.45) is 6.32. The van der Waals surface area contributed by atoms with E-state index in [0.717, 1.165) is 17.7 Å². The van der Waals surface area contributed by atoms with Crippen molar-refractivity contribution in [1.82, 2.24) is 25.0 Å². The van der Waals surface area contributed by atoms with Gasteiger partial charge in [0.15, 0.2) is 0 Å². The van der Waals surface area contributed by atoms with Crippen molar-refractivity contribution in [2.75, 3.05) is 20.1 Å². The van der Waals surface area contributed by atoms with Crippen LogP contribution in [-0.2, 0) is 22.6 Å². The highest BCUT2D eigenvalue weighted by Crippen LogP contribution is 2.21. The van der Waals surface area contributed by atoms with Gasteiger partial charge in [-0.1, -0.05) is 6.07 Å². The van der Waals surface area contributed by atoms with Gasteiger partial charge >= 0.3 is 0 Å². The van der Waals surface area contributed by atoms with E-state index in [9.17, 15) is 9.59 Å². The molecular weight excluding hydrogens is 306 g/mol. The summed E-state index contributed by atoms with van der Waals surface area (Å²) in [5, 5.41) is 6.66. The number of H-pyrrole nitrogens is 1. The Hall–Kier alpha value is -2.70. The number of likely N-dealkylation sites (N-methyl/N-ethyl adjacent to an activating group) is 1. The lowest BCUT2D eigenvalue weighted by Gasteiger charge is -2.21. The maximum absolute atomic E-state index is 12.6. The fraction of sp³-hybridized carbons (Fsp3) is 0.412. The summed E-state index contributed by atoms with van der Waals surface area (Å²) in [5.41, 5.74) is 1.90. The van der Waals surface area contributed by atoms with Crippen LogP contribution in [0.2, 0.25) is 0 Å². The number of carbonyl (C=O) groups excluding carboxylic acids is 2. The summed E-state index contributed by atoms with van der Waals surface area (Å²) >= 11 is 0. The van der Waals surface area contributed by atoms with Crippen LogP contribution in [-0.4, -0.2) is 56.9 Å². The summed E-state index contributed by atoms with van der Waals surface area (Å²) in [6, 6.07) is 5.63. The molecule has 1 saturated heterocycles. The lowest BCUT2D eigenvalue weighted by atomic mass is 10.1. The van der Waals surface area contributed by atoms with Gasteiger partial charge in [0.05, 0.1) is 24.4 Å². The number of hydrogen-bond donors (Lipinski definition) is 1. The molecule has 1 aliphatic rings. The first-order valence-corrected chi connectivity index (χ1v) is 8.04. The van der Waals surface area contributed by atoms with Crippen molar-refractivity contribution in [1.29, 1.82) is 0 Å². The Bertz CT molecular complexity index is 686. The number of amides is 2. The van der Waals surface area contributed by atoms with Gasteiger partial charge in [0.25, 0.3) is 0 Å². The second-order valence-corrected chi connectivity index (χ2v) is 6.11. The lowest BCUT2D eigenvalue weighted by molar-refractivity contribution is -0.134. The molecule has 2 aromatic heterocycles. The van der Waals surface area contributed by atoms with Crippen LogP contribution in [0.15, 0.2) is 36.8 Å². The van der Waals surface area contributed by atoms with Crippen LogP contribution in [0.5, 0.6) is 0 Å². The molecule has 1 N–H and O–H groups in total. The smallest absolute Gasteiger partial charge is 0.227 e. The fourth-order valence-electron chi connectivity index (χ4n) is 2.91. The van der Waals surface area contributed by atoms with Crippen LogP contribution in [0.3, 0.4) is 0 Å². The number of nitrogens with zero attached hydrogens (tertiary/aromatic N) is 4. The molecule has 126 valence electrons. The summed E-state index contributed by atoms with van der Waals surface area (Å²) in [6.45, 7) is 1.54. The molecule has 0 bridgehead atoms. The monoisotopic (exact) mass is 327 g/mol. The maximum atomic E-state index is 12.6. The molecule has 3 heterocycles. The van der Waals surface area contributed by atoms with Gasteiger partial charge in [0, 0.05) is 39.0 Å². The molecule has 0 radical (unpaired) electrons. The third-order valence-electron chi connectivity index (χ3n) is 4.31. The second-order valence-electron chi connectivity index (χ2n) is 6.11. The van der Waals surface area contributed by atoms with E-state index in [1.165, 1.54) is 0 Å². The standard InChI is InChI=1S/C17H21N5O2/c1-21(7-5-13-9-19-20-10-13)17(24)14-8-16(23)22(11-14)12-15-4-2-3-6-18-15/h2-4,6,9-10,14H,5,7-8,11-12H2,1H3,(H,19,20)/t14-/m1/s1. The lowest BCUT2D eigenvalue weighted by Crippen LogP contribution is -2.35. The van der Waals surface area contributed by atoms with E-state index in [1.807, 2.05) is 24.4 Å². The summed E-state index contributed by atoms with van der Waals surface area (Å²) in [5.74, 6) is -0.229. The molecule has 0 aliphatic carbocycles. The van der Waals surface area contributed by atoms with Crippen molar-refractivity contribution >= 4 is 11.8 Å². The van der Waals surface area contributed by atoms with Crippen molar-refractivity contribution in [3.05, 3.63) is 48.0 Å². The normalized spacial score (nSPS) is 17.3. The number of hydrogen-bond acceptors (Lipinski definition) is 4. The van der Waals surface area contributed by atoms with Crippen LogP contribution < -0.4 is 0 Å². The van der Waals surface area contributed by atoms with Gasteiger partial charge in [0.2, 0.25) is 11.8 Å². The van der Waals surface area contributed by atoms with E-state index in [2.05, 4.69) is 15.2 Å².